The lowest BCUT2D eigenvalue weighted by Crippen LogP contribution is -2.02. The zero-order valence-electron chi connectivity index (χ0n) is 11.1. The molecule has 0 radical (unpaired) electrons. The van der Waals surface area contributed by atoms with Gasteiger partial charge in [-0.3, -0.25) is 0 Å². The van der Waals surface area contributed by atoms with E-state index in [0.717, 1.165) is 21.6 Å². The minimum atomic E-state index is -0.366. The van der Waals surface area contributed by atoms with Gasteiger partial charge in [-0.05, 0) is 46.3 Å². The van der Waals surface area contributed by atoms with E-state index in [2.05, 4.69) is 26.0 Å². The Morgan fingerprint density at radius 1 is 1.10 bits per heavy atom. The lowest BCUT2D eigenvalue weighted by atomic mass is 10.2. The van der Waals surface area contributed by atoms with Gasteiger partial charge >= 0.3 is 5.97 Å². The topological polar surface area (TPSA) is 47.6 Å². The number of rotatable bonds is 4. The third-order valence-electron chi connectivity index (χ3n) is 2.77. The van der Waals surface area contributed by atoms with Gasteiger partial charge in [0.05, 0.1) is 31.2 Å². The Morgan fingerprint density at radius 2 is 1.85 bits per heavy atom. The molecule has 0 saturated heterocycles. The first-order valence-electron chi connectivity index (χ1n) is 5.93. The Kier molecular flexibility index (Phi) is 4.63. The van der Waals surface area contributed by atoms with Gasteiger partial charge < -0.3 is 14.8 Å². The van der Waals surface area contributed by atoms with Gasteiger partial charge in [-0.15, -0.1) is 0 Å². The van der Waals surface area contributed by atoms with Crippen LogP contribution in [0.3, 0.4) is 0 Å². The summed E-state index contributed by atoms with van der Waals surface area (Å²) in [6, 6.07) is 12.8. The van der Waals surface area contributed by atoms with E-state index in [1.807, 2.05) is 30.3 Å². The zero-order valence-corrected chi connectivity index (χ0v) is 12.7. The molecule has 2 aromatic carbocycles. The number of carbonyl (C=O) groups is 1. The summed E-state index contributed by atoms with van der Waals surface area (Å²) in [4.78, 5) is 11.5. The van der Waals surface area contributed by atoms with E-state index in [9.17, 15) is 4.79 Å². The molecule has 0 aliphatic heterocycles. The smallest absolute Gasteiger partial charge is 0.337 e. The van der Waals surface area contributed by atoms with Crippen LogP contribution in [0.2, 0.25) is 0 Å². The average Bonchev–Trinajstić information content (AvgIpc) is 2.49. The molecular formula is C15H14BrNO3. The summed E-state index contributed by atoms with van der Waals surface area (Å²) in [5, 5.41) is 3.25. The molecule has 2 aromatic rings. The number of nitrogens with one attached hydrogen (secondary N) is 1. The highest BCUT2D eigenvalue weighted by Gasteiger charge is 2.09. The molecule has 0 aliphatic rings. The van der Waals surface area contributed by atoms with Crippen LogP contribution < -0.4 is 10.1 Å². The molecule has 0 aromatic heterocycles. The van der Waals surface area contributed by atoms with Gasteiger partial charge in [0.2, 0.25) is 0 Å². The minimum absolute atomic E-state index is 0.366. The van der Waals surface area contributed by atoms with Crippen molar-refractivity contribution in [3.8, 4) is 5.75 Å². The number of carbonyl (C=O) groups excluding carboxylic acids is 1. The highest BCUT2D eigenvalue weighted by atomic mass is 79.9. The second-order valence-corrected chi connectivity index (χ2v) is 4.87. The molecule has 0 spiro atoms. The summed E-state index contributed by atoms with van der Waals surface area (Å²) >= 11 is 3.44. The van der Waals surface area contributed by atoms with Gasteiger partial charge in [-0.2, -0.15) is 0 Å². The van der Waals surface area contributed by atoms with Crippen molar-refractivity contribution < 1.29 is 14.3 Å². The number of benzene rings is 2. The number of esters is 1. The van der Waals surface area contributed by atoms with Gasteiger partial charge in [0.15, 0.2) is 0 Å². The first kappa shape index (κ1) is 14.4. The molecule has 0 bridgehead atoms. The van der Waals surface area contributed by atoms with Crippen LogP contribution in [0.1, 0.15) is 10.4 Å². The molecule has 104 valence electrons. The summed E-state index contributed by atoms with van der Waals surface area (Å²) in [5.41, 5.74) is 2.17. The van der Waals surface area contributed by atoms with Crippen molar-refractivity contribution in [3.63, 3.8) is 0 Å². The predicted molar refractivity (Wildman–Crippen MR) is 81.8 cm³/mol. The van der Waals surface area contributed by atoms with E-state index in [1.165, 1.54) is 7.11 Å². The molecule has 0 heterocycles. The molecular weight excluding hydrogens is 322 g/mol. The number of para-hydroxylation sites is 2. The molecule has 0 unspecified atom stereocenters. The standard InChI is InChI=1S/C15H14BrNO3/c1-19-14-6-4-3-5-13(14)17-12-8-7-10(9-11(12)16)15(18)20-2/h3-9,17H,1-2H3. The third kappa shape index (κ3) is 3.11. The number of anilines is 2. The highest BCUT2D eigenvalue weighted by Crippen LogP contribution is 2.31. The SMILES string of the molecule is COC(=O)c1ccc(Nc2ccccc2OC)c(Br)c1. The molecule has 2 rings (SSSR count). The molecule has 0 aliphatic carbocycles. The van der Waals surface area contributed by atoms with Crippen molar-refractivity contribution in [2.24, 2.45) is 0 Å². The average molecular weight is 336 g/mol. The van der Waals surface area contributed by atoms with Crippen LogP contribution in [0.4, 0.5) is 11.4 Å². The van der Waals surface area contributed by atoms with Crippen LogP contribution in [0.15, 0.2) is 46.9 Å². The fourth-order valence-corrected chi connectivity index (χ4v) is 2.23. The number of ether oxygens (including phenoxy) is 2. The lowest BCUT2D eigenvalue weighted by Gasteiger charge is -2.12. The van der Waals surface area contributed by atoms with Crippen molar-refractivity contribution in [2.45, 2.75) is 0 Å². The molecule has 1 N–H and O–H groups in total. The van der Waals surface area contributed by atoms with E-state index in [1.54, 1.807) is 19.2 Å². The number of hydrogen-bond donors (Lipinski definition) is 1. The van der Waals surface area contributed by atoms with Crippen LogP contribution in [0.5, 0.6) is 5.75 Å². The third-order valence-corrected chi connectivity index (χ3v) is 3.42. The van der Waals surface area contributed by atoms with Crippen molar-refractivity contribution >= 4 is 33.3 Å². The van der Waals surface area contributed by atoms with Gasteiger partial charge in [0.25, 0.3) is 0 Å². The molecule has 0 amide bonds. The van der Waals surface area contributed by atoms with Crippen molar-refractivity contribution in [2.75, 3.05) is 19.5 Å². The van der Waals surface area contributed by atoms with Crippen molar-refractivity contribution in [3.05, 3.63) is 52.5 Å². The quantitative estimate of drug-likeness (QED) is 0.858. The summed E-state index contributed by atoms with van der Waals surface area (Å²) < 4.78 is 10.7. The molecule has 0 atom stereocenters. The van der Waals surface area contributed by atoms with E-state index in [-0.39, 0.29) is 5.97 Å². The lowest BCUT2D eigenvalue weighted by molar-refractivity contribution is 0.0600. The van der Waals surface area contributed by atoms with E-state index in [4.69, 9.17) is 4.74 Å². The summed E-state index contributed by atoms with van der Waals surface area (Å²) in [6.07, 6.45) is 0. The molecule has 0 fully saturated rings. The van der Waals surface area contributed by atoms with Crippen LogP contribution >= 0.6 is 15.9 Å². The molecule has 5 heteroatoms. The Bertz CT molecular complexity index is 628. The first-order valence-corrected chi connectivity index (χ1v) is 6.73. The largest absolute Gasteiger partial charge is 0.495 e. The van der Waals surface area contributed by atoms with E-state index < -0.39 is 0 Å². The maximum absolute atomic E-state index is 11.5. The maximum Gasteiger partial charge on any atom is 0.337 e. The minimum Gasteiger partial charge on any atom is -0.495 e. The summed E-state index contributed by atoms with van der Waals surface area (Å²) in [6.45, 7) is 0. The van der Waals surface area contributed by atoms with Gasteiger partial charge in [-0.25, -0.2) is 4.79 Å². The van der Waals surface area contributed by atoms with Gasteiger partial charge in [0.1, 0.15) is 5.75 Å². The summed E-state index contributed by atoms with van der Waals surface area (Å²) in [5.74, 6) is 0.381. The Hall–Kier alpha value is -2.01. The second-order valence-electron chi connectivity index (χ2n) is 4.01. The zero-order chi connectivity index (χ0) is 14.5. The number of methoxy groups -OCH3 is 2. The number of hydrogen-bond acceptors (Lipinski definition) is 4. The van der Waals surface area contributed by atoms with Crippen LogP contribution in [0.25, 0.3) is 0 Å². The van der Waals surface area contributed by atoms with Crippen LogP contribution in [0, 0.1) is 0 Å². The highest BCUT2D eigenvalue weighted by molar-refractivity contribution is 9.10. The monoisotopic (exact) mass is 335 g/mol. The van der Waals surface area contributed by atoms with E-state index in [0.29, 0.717) is 5.56 Å². The second kappa shape index (κ2) is 6.43. The predicted octanol–water partition coefficient (Wildman–Crippen LogP) is 3.99. The Balaban J connectivity index is 2.28. The fourth-order valence-electron chi connectivity index (χ4n) is 1.75. The van der Waals surface area contributed by atoms with Gasteiger partial charge in [-0.1, -0.05) is 12.1 Å². The Morgan fingerprint density at radius 3 is 2.50 bits per heavy atom. The van der Waals surface area contributed by atoms with Crippen LogP contribution in [-0.2, 0) is 4.74 Å². The normalized spacial score (nSPS) is 9.95. The van der Waals surface area contributed by atoms with Gasteiger partial charge in [0, 0.05) is 4.47 Å². The van der Waals surface area contributed by atoms with Crippen LogP contribution in [-0.4, -0.2) is 20.2 Å². The number of halogens is 1. The fraction of sp³-hybridized carbons (Fsp3) is 0.133. The summed E-state index contributed by atoms with van der Waals surface area (Å²) in [7, 11) is 2.98. The maximum atomic E-state index is 11.5. The van der Waals surface area contributed by atoms with Crippen molar-refractivity contribution in [1.29, 1.82) is 0 Å². The molecule has 4 nitrogen and oxygen atoms in total. The Labute approximate surface area is 125 Å². The molecule has 20 heavy (non-hydrogen) atoms. The van der Waals surface area contributed by atoms with E-state index >= 15 is 0 Å². The molecule has 0 saturated carbocycles. The van der Waals surface area contributed by atoms with Crippen molar-refractivity contribution in [1.82, 2.24) is 0 Å². The first-order chi connectivity index (χ1) is 9.65.